The Balaban J connectivity index is 1.53. The molecule has 0 unspecified atom stereocenters. The Morgan fingerprint density at radius 1 is 1.00 bits per heavy atom. The van der Waals surface area contributed by atoms with E-state index in [1.54, 1.807) is 36.4 Å². The van der Waals surface area contributed by atoms with Crippen molar-refractivity contribution in [2.24, 2.45) is 0 Å². The van der Waals surface area contributed by atoms with Gasteiger partial charge in [-0.25, -0.2) is 0 Å². The first kappa shape index (κ1) is 19.3. The standard InChI is InChI=1S/C19H18Cl2N2O4/c20-14-5-2-1-4-13(14)19(25)23-11-17(24)22-10-12-8-15(21)18-16(9-12)26-6-3-7-27-18/h1-2,4-5,8-9H,3,6-7,10-11H2,(H,22,24)(H,23,25). The molecule has 1 aliphatic rings. The molecule has 142 valence electrons. The zero-order chi connectivity index (χ0) is 19.2. The second kappa shape index (κ2) is 8.97. The number of hydrogen-bond acceptors (Lipinski definition) is 4. The Kier molecular flexibility index (Phi) is 6.42. The van der Waals surface area contributed by atoms with E-state index < -0.39 is 5.91 Å². The van der Waals surface area contributed by atoms with E-state index in [-0.39, 0.29) is 19.0 Å². The van der Waals surface area contributed by atoms with Crippen LogP contribution in [-0.4, -0.2) is 31.6 Å². The lowest BCUT2D eigenvalue weighted by Crippen LogP contribution is -2.36. The van der Waals surface area contributed by atoms with E-state index in [1.165, 1.54) is 0 Å². The molecule has 0 atom stereocenters. The molecule has 0 bridgehead atoms. The van der Waals surface area contributed by atoms with Crippen LogP contribution >= 0.6 is 23.2 Å². The van der Waals surface area contributed by atoms with Gasteiger partial charge in [-0.1, -0.05) is 35.3 Å². The van der Waals surface area contributed by atoms with Crippen LogP contribution in [-0.2, 0) is 11.3 Å². The van der Waals surface area contributed by atoms with Gasteiger partial charge < -0.3 is 20.1 Å². The molecular formula is C19H18Cl2N2O4. The van der Waals surface area contributed by atoms with Gasteiger partial charge in [-0.05, 0) is 29.8 Å². The predicted octanol–water partition coefficient (Wildman–Crippen LogP) is 3.20. The number of hydrogen-bond donors (Lipinski definition) is 2. The van der Waals surface area contributed by atoms with Crippen molar-refractivity contribution in [3.63, 3.8) is 0 Å². The minimum absolute atomic E-state index is 0.164. The molecule has 2 amide bonds. The van der Waals surface area contributed by atoms with E-state index in [0.717, 1.165) is 12.0 Å². The van der Waals surface area contributed by atoms with Crippen molar-refractivity contribution in [2.75, 3.05) is 19.8 Å². The summed E-state index contributed by atoms with van der Waals surface area (Å²) in [6.07, 6.45) is 0.780. The summed E-state index contributed by atoms with van der Waals surface area (Å²) in [6, 6.07) is 10.1. The summed E-state index contributed by atoms with van der Waals surface area (Å²) in [5, 5.41) is 6.03. The molecule has 27 heavy (non-hydrogen) atoms. The lowest BCUT2D eigenvalue weighted by molar-refractivity contribution is -0.120. The number of ether oxygens (including phenoxy) is 2. The van der Waals surface area contributed by atoms with Crippen molar-refractivity contribution in [1.82, 2.24) is 10.6 Å². The predicted molar refractivity (Wildman–Crippen MR) is 103 cm³/mol. The molecule has 2 aromatic carbocycles. The number of carbonyl (C=O) groups is 2. The van der Waals surface area contributed by atoms with Gasteiger partial charge in [0.2, 0.25) is 5.91 Å². The Morgan fingerprint density at radius 2 is 1.78 bits per heavy atom. The Hall–Kier alpha value is -2.44. The van der Waals surface area contributed by atoms with Crippen molar-refractivity contribution >= 4 is 35.0 Å². The summed E-state index contributed by atoms with van der Waals surface area (Å²) in [6.45, 7) is 1.18. The van der Waals surface area contributed by atoms with E-state index in [4.69, 9.17) is 32.7 Å². The van der Waals surface area contributed by atoms with Crippen LogP contribution in [0.25, 0.3) is 0 Å². The Morgan fingerprint density at radius 3 is 2.59 bits per heavy atom. The largest absolute Gasteiger partial charge is 0.489 e. The number of nitrogens with one attached hydrogen (secondary N) is 2. The smallest absolute Gasteiger partial charge is 0.253 e. The van der Waals surface area contributed by atoms with Gasteiger partial charge in [0.15, 0.2) is 11.5 Å². The zero-order valence-corrected chi connectivity index (χ0v) is 15.9. The van der Waals surface area contributed by atoms with Crippen molar-refractivity contribution in [3.8, 4) is 11.5 Å². The summed E-state index contributed by atoms with van der Waals surface area (Å²) in [7, 11) is 0. The molecule has 3 rings (SSSR count). The van der Waals surface area contributed by atoms with Gasteiger partial charge in [0.25, 0.3) is 5.91 Å². The van der Waals surface area contributed by atoms with Crippen LogP contribution < -0.4 is 20.1 Å². The maximum atomic E-state index is 12.1. The summed E-state index contributed by atoms with van der Waals surface area (Å²) >= 11 is 12.2. The van der Waals surface area contributed by atoms with Crippen LogP contribution in [0.5, 0.6) is 11.5 Å². The number of rotatable bonds is 5. The maximum Gasteiger partial charge on any atom is 0.253 e. The monoisotopic (exact) mass is 408 g/mol. The lowest BCUT2D eigenvalue weighted by atomic mass is 10.2. The fourth-order valence-corrected chi connectivity index (χ4v) is 3.06. The number of halogens is 2. The number of benzene rings is 2. The van der Waals surface area contributed by atoms with Crippen molar-refractivity contribution in [3.05, 3.63) is 57.6 Å². The molecule has 2 aromatic rings. The van der Waals surface area contributed by atoms with Gasteiger partial charge in [0.1, 0.15) is 0 Å². The first-order valence-electron chi connectivity index (χ1n) is 8.42. The molecule has 0 fully saturated rings. The summed E-state index contributed by atoms with van der Waals surface area (Å²) < 4.78 is 11.2. The lowest BCUT2D eigenvalue weighted by Gasteiger charge is -2.12. The van der Waals surface area contributed by atoms with Crippen molar-refractivity contribution in [2.45, 2.75) is 13.0 Å². The van der Waals surface area contributed by atoms with E-state index in [1.807, 2.05) is 0 Å². The van der Waals surface area contributed by atoms with E-state index in [2.05, 4.69) is 10.6 Å². The average Bonchev–Trinajstić information content (AvgIpc) is 2.90. The quantitative estimate of drug-likeness (QED) is 0.796. The fraction of sp³-hybridized carbons (Fsp3) is 0.263. The molecule has 0 aromatic heterocycles. The molecule has 6 nitrogen and oxygen atoms in total. The minimum Gasteiger partial charge on any atom is -0.489 e. The highest BCUT2D eigenvalue weighted by molar-refractivity contribution is 6.33. The van der Waals surface area contributed by atoms with Crippen LogP contribution in [0.4, 0.5) is 0 Å². The first-order chi connectivity index (χ1) is 13.0. The SMILES string of the molecule is O=C(CNC(=O)c1ccccc1Cl)NCc1cc(Cl)c2c(c1)OCCCO2. The van der Waals surface area contributed by atoms with E-state index >= 15 is 0 Å². The highest BCUT2D eigenvalue weighted by Gasteiger charge is 2.16. The molecular weight excluding hydrogens is 391 g/mol. The van der Waals surface area contributed by atoms with Crippen molar-refractivity contribution in [1.29, 1.82) is 0 Å². The third kappa shape index (κ3) is 5.05. The molecule has 0 spiro atoms. The molecule has 0 radical (unpaired) electrons. The van der Waals surface area contributed by atoms with Crippen molar-refractivity contribution < 1.29 is 19.1 Å². The second-order valence-electron chi connectivity index (χ2n) is 5.89. The van der Waals surface area contributed by atoms with Gasteiger partial charge in [-0.3, -0.25) is 9.59 Å². The zero-order valence-electron chi connectivity index (χ0n) is 14.4. The second-order valence-corrected chi connectivity index (χ2v) is 6.71. The summed E-state index contributed by atoms with van der Waals surface area (Å²) in [4.78, 5) is 24.1. The van der Waals surface area contributed by atoms with Gasteiger partial charge in [0.05, 0.1) is 35.4 Å². The highest BCUT2D eigenvalue weighted by atomic mass is 35.5. The normalized spacial score (nSPS) is 12.8. The molecule has 0 saturated heterocycles. The topological polar surface area (TPSA) is 76.7 Å². The molecule has 1 aliphatic heterocycles. The van der Waals surface area contributed by atoms with Gasteiger partial charge >= 0.3 is 0 Å². The van der Waals surface area contributed by atoms with Crippen LogP contribution in [0.2, 0.25) is 10.0 Å². The average molecular weight is 409 g/mol. The van der Waals surface area contributed by atoms with E-state index in [0.29, 0.717) is 40.3 Å². The van der Waals surface area contributed by atoms with Crippen LogP contribution in [0.3, 0.4) is 0 Å². The van der Waals surface area contributed by atoms with Crippen LogP contribution in [0.1, 0.15) is 22.3 Å². The van der Waals surface area contributed by atoms with Gasteiger partial charge in [0, 0.05) is 13.0 Å². The Labute approximate surface area is 166 Å². The summed E-state index contributed by atoms with van der Waals surface area (Å²) in [5.41, 5.74) is 1.09. The number of amides is 2. The number of carbonyl (C=O) groups excluding carboxylic acids is 2. The Bertz CT molecular complexity index is 858. The third-order valence-electron chi connectivity index (χ3n) is 3.88. The number of fused-ring (bicyclic) bond motifs is 1. The maximum absolute atomic E-state index is 12.1. The molecule has 0 saturated carbocycles. The minimum atomic E-state index is -0.408. The summed E-state index contributed by atoms with van der Waals surface area (Å²) in [5.74, 6) is 0.348. The molecule has 2 N–H and O–H groups in total. The van der Waals surface area contributed by atoms with Crippen LogP contribution in [0.15, 0.2) is 36.4 Å². The van der Waals surface area contributed by atoms with Crippen LogP contribution in [0, 0.1) is 0 Å². The van der Waals surface area contributed by atoms with Gasteiger partial charge in [-0.15, -0.1) is 0 Å². The highest BCUT2D eigenvalue weighted by Crippen LogP contribution is 2.37. The third-order valence-corrected chi connectivity index (χ3v) is 4.49. The van der Waals surface area contributed by atoms with E-state index in [9.17, 15) is 9.59 Å². The molecule has 1 heterocycles. The first-order valence-corrected chi connectivity index (χ1v) is 9.17. The molecule has 0 aliphatic carbocycles. The van der Waals surface area contributed by atoms with Gasteiger partial charge in [-0.2, -0.15) is 0 Å². The fourth-order valence-electron chi connectivity index (χ4n) is 2.55. The molecule has 8 heteroatoms.